The summed E-state index contributed by atoms with van der Waals surface area (Å²) in [7, 11) is 0. The third-order valence-corrected chi connectivity index (χ3v) is 4.03. The second kappa shape index (κ2) is 12.2. The molecule has 0 aliphatic heterocycles. The van der Waals surface area contributed by atoms with E-state index in [0.29, 0.717) is 12.1 Å². The molecule has 156 valence electrons. The quantitative estimate of drug-likeness (QED) is 0.354. The number of nitrogens with two attached hydrogens (primary N) is 2. The number of benzene rings is 2. The summed E-state index contributed by atoms with van der Waals surface area (Å²) in [5.41, 5.74) is 12.8. The zero-order valence-corrected chi connectivity index (χ0v) is 16.7. The molecule has 0 aliphatic carbocycles. The largest absolute Gasteiger partial charge is 0.384 e. The number of halogens is 1. The molecule has 2 aromatic carbocycles. The van der Waals surface area contributed by atoms with Crippen LogP contribution in [0.4, 0.5) is 4.39 Å². The summed E-state index contributed by atoms with van der Waals surface area (Å²) in [5.74, 6) is -0.764. The van der Waals surface area contributed by atoms with Crippen molar-refractivity contribution >= 4 is 17.6 Å². The van der Waals surface area contributed by atoms with E-state index in [-0.39, 0.29) is 30.0 Å². The highest BCUT2D eigenvalue weighted by Crippen LogP contribution is 2.05. The summed E-state index contributed by atoms with van der Waals surface area (Å²) in [6.07, 6.45) is 0.771. The highest BCUT2D eigenvalue weighted by molar-refractivity contribution is 5.94. The zero-order chi connectivity index (χ0) is 21.8. The number of rotatable bonds is 7. The van der Waals surface area contributed by atoms with Crippen LogP contribution in [-0.2, 0) is 22.6 Å². The zero-order valence-electron chi connectivity index (χ0n) is 16.7. The molecule has 0 aliphatic rings. The lowest BCUT2D eigenvalue weighted by molar-refractivity contribution is -0.128. The van der Waals surface area contributed by atoms with Gasteiger partial charge in [-0.05, 0) is 30.5 Å². The Hall–Kier alpha value is -3.26. The summed E-state index contributed by atoms with van der Waals surface area (Å²) in [5, 5.41) is 12.4. The fourth-order valence-electron chi connectivity index (χ4n) is 2.30. The lowest BCUT2D eigenvalue weighted by Crippen LogP contribution is -2.46. The van der Waals surface area contributed by atoms with Crippen molar-refractivity contribution in [2.45, 2.75) is 32.9 Å². The van der Waals surface area contributed by atoms with Crippen molar-refractivity contribution in [3.63, 3.8) is 0 Å². The number of nitrogen functional groups attached to an aromatic ring is 1. The van der Waals surface area contributed by atoms with Gasteiger partial charge in [0, 0.05) is 12.1 Å². The fraction of sp³-hybridized carbons (Fsp3) is 0.286. The minimum atomic E-state index is -0.637. The van der Waals surface area contributed by atoms with Crippen molar-refractivity contribution in [1.82, 2.24) is 10.6 Å². The smallest absolute Gasteiger partial charge is 0.242 e. The van der Waals surface area contributed by atoms with Gasteiger partial charge in [0.25, 0.3) is 0 Å². The Morgan fingerprint density at radius 3 is 2.24 bits per heavy atom. The van der Waals surface area contributed by atoms with Crippen LogP contribution in [0.5, 0.6) is 0 Å². The molecule has 2 aromatic rings. The average molecular weight is 401 g/mol. The van der Waals surface area contributed by atoms with Gasteiger partial charge in [0.2, 0.25) is 11.8 Å². The lowest BCUT2D eigenvalue weighted by atomic mass is 10.1. The second-order valence-electron chi connectivity index (χ2n) is 6.27. The van der Waals surface area contributed by atoms with Crippen molar-refractivity contribution in [2.75, 3.05) is 6.54 Å². The summed E-state index contributed by atoms with van der Waals surface area (Å²) in [6, 6.07) is 13.2. The van der Waals surface area contributed by atoms with Crippen molar-refractivity contribution in [2.24, 2.45) is 11.5 Å². The van der Waals surface area contributed by atoms with Gasteiger partial charge in [-0.1, -0.05) is 49.4 Å². The Morgan fingerprint density at radius 2 is 1.76 bits per heavy atom. The molecule has 29 heavy (non-hydrogen) atoms. The van der Waals surface area contributed by atoms with E-state index in [2.05, 4.69) is 10.6 Å². The molecule has 1 unspecified atom stereocenters. The molecule has 0 bridgehead atoms. The van der Waals surface area contributed by atoms with Gasteiger partial charge in [-0.3, -0.25) is 15.0 Å². The molecule has 7 nitrogen and oxygen atoms in total. The maximum atomic E-state index is 12.6. The molecule has 0 saturated heterocycles. The van der Waals surface area contributed by atoms with Crippen LogP contribution in [0.25, 0.3) is 0 Å². The minimum absolute atomic E-state index is 0.00120. The van der Waals surface area contributed by atoms with Gasteiger partial charge >= 0.3 is 0 Å². The van der Waals surface area contributed by atoms with Crippen molar-refractivity contribution in [3.05, 3.63) is 71.0 Å². The van der Waals surface area contributed by atoms with Crippen LogP contribution in [0.15, 0.2) is 48.5 Å². The number of amides is 2. The highest BCUT2D eigenvalue weighted by Gasteiger charge is 2.14. The molecule has 0 fully saturated rings. The van der Waals surface area contributed by atoms with Gasteiger partial charge in [0.15, 0.2) is 0 Å². The first kappa shape index (κ1) is 23.8. The molecule has 0 saturated carbocycles. The van der Waals surface area contributed by atoms with E-state index in [4.69, 9.17) is 16.9 Å². The number of carbonyl (C=O) groups is 2. The van der Waals surface area contributed by atoms with E-state index in [1.165, 1.54) is 6.07 Å². The Labute approximate surface area is 170 Å². The van der Waals surface area contributed by atoms with Crippen molar-refractivity contribution in [3.8, 4) is 0 Å². The molecule has 1 atom stereocenters. The molecule has 2 amide bonds. The maximum Gasteiger partial charge on any atom is 0.242 e. The van der Waals surface area contributed by atoms with Crippen LogP contribution < -0.4 is 22.1 Å². The van der Waals surface area contributed by atoms with Crippen molar-refractivity contribution in [1.29, 1.82) is 5.41 Å². The van der Waals surface area contributed by atoms with Crippen molar-refractivity contribution < 1.29 is 14.0 Å². The number of carbonyl (C=O) groups excluding carboxylic acids is 2. The lowest BCUT2D eigenvalue weighted by Gasteiger charge is -2.13. The number of amidine groups is 1. The van der Waals surface area contributed by atoms with Crippen LogP contribution in [0, 0.1) is 11.2 Å². The molecule has 0 heterocycles. The predicted octanol–water partition coefficient (Wildman–Crippen LogP) is 1.44. The molecule has 0 radical (unpaired) electrons. The van der Waals surface area contributed by atoms with Gasteiger partial charge in [0.05, 0.1) is 6.54 Å². The molecule has 8 heteroatoms. The van der Waals surface area contributed by atoms with Crippen LogP contribution in [-0.4, -0.2) is 30.2 Å². The van der Waals surface area contributed by atoms with E-state index >= 15 is 0 Å². The SMILES string of the molecule is CC(NC(=O)CN)C(=O)NCc1ccc(C(=N)N)cc1.CCc1ccccc1F. The van der Waals surface area contributed by atoms with Gasteiger partial charge in [-0.25, -0.2) is 4.39 Å². The first-order chi connectivity index (χ1) is 13.8. The molecule has 0 aromatic heterocycles. The number of aryl methyl sites for hydroxylation is 1. The highest BCUT2D eigenvalue weighted by atomic mass is 19.1. The van der Waals surface area contributed by atoms with Crippen LogP contribution in [0.3, 0.4) is 0 Å². The molecule has 7 N–H and O–H groups in total. The van der Waals surface area contributed by atoms with Gasteiger partial charge in [-0.15, -0.1) is 0 Å². The van der Waals surface area contributed by atoms with E-state index in [1.807, 2.05) is 13.0 Å². The first-order valence-electron chi connectivity index (χ1n) is 9.22. The topological polar surface area (TPSA) is 134 Å². The second-order valence-corrected chi connectivity index (χ2v) is 6.27. The summed E-state index contributed by atoms with van der Waals surface area (Å²) in [6.45, 7) is 3.71. The van der Waals surface area contributed by atoms with E-state index in [9.17, 15) is 14.0 Å². The fourth-order valence-corrected chi connectivity index (χ4v) is 2.30. The van der Waals surface area contributed by atoms with Crippen LogP contribution >= 0.6 is 0 Å². The molecular weight excluding hydrogens is 373 g/mol. The van der Waals surface area contributed by atoms with E-state index in [1.54, 1.807) is 43.3 Å². The number of hydrogen-bond acceptors (Lipinski definition) is 4. The minimum Gasteiger partial charge on any atom is -0.384 e. The Morgan fingerprint density at radius 1 is 1.14 bits per heavy atom. The number of hydrogen-bond donors (Lipinski definition) is 5. The molecular formula is C21H28FN5O2. The normalized spacial score (nSPS) is 10.9. The third-order valence-electron chi connectivity index (χ3n) is 4.03. The van der Waals surface area contributed by atoms with Gasteiger partial charge in [-0.2, -0.15) is 0 Å². The Balaban J connectivity index is 0.000000387. The van der Waals surface area contributed by atoms with Gasteiger partial charge < -0.3 is 22.1 Å². The summed E-state index contributed by atoms with van der Waals surface area (Å²) < 4.78 is 12.6. The molecule has 2 rings (SSSR count). The monoisotopic (exact) mass is 401 g/mol. The Kier molecular flexibility index (Phi) is 10.0. The maximum absolute atomic E-state index is 12.6. The van der Waals surface area contributed by atoms with Crippen LogP contribution in [0.1, 0.15) is 30.5 Å². The predicted molar refractivity (Wildman–Crippen MR) is 112 cm³/mol. The summed E-state index contributed by atoms with van der Waals surface area (Å²) >= 11 is 0. The average Bonchev–Trinajstić information content (AvgIpc) is 2.72. The first-order valence-corrected chi connectivity index (χ1v) is 9.22. The Bertz CT molecular complexity index is 824. The third kappa shape index (κ3) is 8.52. The van der Waals surface area contributed by atoms with E-state index < -0.39 is 6.04 Å². The van der Waals surface area contributed by atoms with Gasteiger partial charge in [0.1, 0.15) is 17.7 Å². The van der Waals surface area contributed by atoms with E-state index in [0.717, 1.165) is 17.5 Å². The standard InChI is InChI=1S/C13H19N5O2.C8H9F/c1-8(18-11(19)6-14)13(20)17-7-9-2-4-10(5-3-9)12(15)16;1-2-7-5-3-4-6-8(7)9/h2-5,8H,6-7,14H2,1H3,(H3,15,16)(H,17,20)(H,18,19);3-6H,2H2,1H3. The summed E-state index contributed by atoms with van der Waals surface area (Å²) in [4.78, 5) is 22.8. The number of nitrogens with one attached hydrogen (secondary N) is 3. The van der Waals surface area contributed by atoms with Crippen LogP contribution in [0.2, 0.25) is 0 Å². The molecule has 0 spiro atoms.